The molecule has 0 bridgehead atoms. The van der Waals surface area contributed by atoms with Gasteiger partial charge in [0, 0.05) is 0 Å². The molecule has 9 heteroatoms. The molecule has 0 saturated carbocycles. The van der Waals surface area contributed by atoms with Gasteiger partial charge in [-0.25, -0.2) is 14.2 Å². The smallest absolute Gasteiger partial charge is 0.418 e. The third kappa shape index (κ3) is 3.85. The SMILES string of the molecule is CC(C)(C)OC(=O)Nc1nc2c(C(F)(F)F)cc(F)cc2s1. The van der Waals surface area contributed by atoms with Crippen LogP contribution in [0.3, 0.4) is 0 Å². The zero-order valence-corrected chi connectivity index (χ0v) is 12.7. The third-order valence-corrected chi connectivity index (χ3v) is 3.29. The van der Waals surface area contributed by atoms with Crippen molar-refractivity contribution in [3.63, 3.8) is 0 Å². The number of carbonyl (C=O) groups excluding carboxylic acids is 1. The number of alkyl halides is 3. The Balaban J connectivity index is 2.37. The highest BCUT2D eigenvalue weighted by atomic mass is 32.1. The number of hydrogen-bond donors (Lipinski definition) is 1. The first kappa shape index (κ1) is 16.5. The van der Waals surface area contributed by atoms with Crippen molar-refractivity contribution >= 4 is 32.8 Å². The maximum absolute atomic E-state index is 13.3. The molecule has 0 radical (unpaired) electrons. The molecular weight excluding hydrogens is 324 g/mol. The molecule has 0 atom stereocenters. The Labute approximate surface area is 127 Å². The molecule has 1 N–H and O–H groups in total. The van der Waals surface area contributed by atoms with E-state index >= 15 is 0 Å². The third-order valence-electron chi connectivity index (χ3n) is 2.37. The van der Waals surface area contributed by atoms with Gasteiger partial charge < -0.3 is 4.74 Å². The van der Waals surface area contributed by atoms with E-state index in [1.54, 1.807) is 20.8 Å². The average molecular weight is 336 g/mol. The highest BCUT2D eigenvalue weighted by Crippen LogP contribution is 2.38. The summed E-state index contributed by atoms with van der Waals surface area (Å²) in [6.45, 7) is 4.92. The molecule has 0 aliphatic carbocycles. The van der Waals surface area contributed by atoms with Crippen LogP contribution in [0, 0.1) is 5.82 Å². The fourth-order valence-corrected chi connectivity index (χ4v) is 2.56. The Kier molecular flexibility index (Phi) is 4.03. The topological polar surface area (TPSA) is 51.2 Å². The van der Waals surface area contributed by atoms with Crippen LogP contribution in [0.5, 0.6) is 0 Å². The predicted octanol–water partition coefficient (Wildman–Crippen LogP) is 4.80. The van der Waals surface area contributed by atoms with E-state index in [1.807, 2.05) is 0 Å². The molecule has 1 aromatic heterocycles. The number of amides is 1. The van der Waals surface area contributed by atoms with Crippen molar-refractivity contribution in [3.8, 4) is 0 Å². The van der Waals surface area contributed by atoms with Gasteiger partial charge in [0.25, 0.3) is 0 Å². The monoisotopic (exact) mass is 336 g/mol. The number of nitrogens with one attached hydrogen (secondary N) is 1. The number of aromatic nitrogens is 1. The molecule has 4 nitrogen and oxygen atoms in total. The molecule has 1 amide bonds. The second kappa shape index (κ2) is 5.38. The fourth-order valence-electron chi connectivity index (χ4n) is 1.66. The van der Waals surface area contributed by atoms with E-state index in [9.17, 15) is 22.4 Å². The van der Waals surface area contributed by atoms with Crippen molar-refractivity contribution < 1.29 is 27.1 Å². The summed E-state index contributed by atoms with van der Waals surface area (Å²) in [5.74, 6) is -1.02. The largest absolute Gasteiger partial charge is 0.444 e. The molecule has 0 unspecified atom stereocenters. The van der Waals surface area contributed by atoms with Gasteiger partial charge in [-0.2, -0.15) is 13.2 Å². The van der Waals surface area contributed by atoms with Gasteiger partial charge in [-0.15, -0.1) is 0 Å². The summed E-state index contributed by atoms with van der Waals surface area (Å²) in [6, 6.07) is 1.31. The Bertz CT molecular complexity index is 719. The van der Waals surface area contributed by atoms with Crippen molar-refractivity contribution in [1.82, 2.24) is 4.98 Å². The lowest BCUT2D eigenvalue weighted by atomic mass is 10.2. The first-order valence-electron chi connectivity index (χ1n) is 6.13. The molecule has 0 saturated heterocycles. The average Bonchev–Trinajstić information content (AvgIpc) is 2.65. The van der Waals surface area contributed by atoms with Gasteiger partial charge >= 0.3 is 12.3 Å². The fraction of sp³-hybridized carbons (Fsp3) is 0.385. The van der Waals surface area contributed by atoms with Crippen LogP contribution in [0.2, 0.25) is 0 Å². The molecular formula is C13H12F4N2O2S. The normalized spacial score (nSPS) is 12.5. The number of hydrogen-bond acceptors (Lipinski definition) is 4. The van der Waals surface area contributed by atoms with Crippen LogP contribution < -0.4 is 5.32 Å². The Hall–Kier alpha value is -1.90. The van der Waals surface area contributed by atoms with Gasteiger partial charge in [0.05, 0.1) is 15.8 Å². The molecule has 0 spiro atoms. The highest BCUT2D eigenvalue weighted by Gasteiger charge is 2.35. The number of anilines is 1. The van der Waals surface area contributed by atoms with Gasteiger partial charge in [-0.3, -0.25) is 5.32 Å². The summed E-state index contributed by atoms with van der Waals surface area (Å²) in [4.78, 5) is 15.3. The zero-order chi connectivity index (χ0) is 16.7. The number of fused-ring (bicyclic) bond motifs is 1. The second-order valence-corrected chi connectivity index (χ2v) is 6.47. The van der Waals surface area contributed by atoms with E-state index < -0.39 is 34.8 Å². The molecule has 22 heavy (non-hydrogen) atoms. The number of carbonyl (C=O) groups is 1. The quantitative estimate of drug-likeness (QED) is 0.761. The number of rotatable bonds is 1. The summed E-state index contributed by atoms with van der Waals surface area (Å²) in [5, 5.41) is 2.15. The summed E-state index contributed by atoms with van der Waals surface area (Å²) in [7, 11) is 0. The van der Waals surface area contributed by atoms with Crippen molar-refractivity contribution in [3.05, 3.63) is 23.5 Å². The number of thiazole rings is 1. The first-order valence-corrected chi connectivity index (χ1v) is 6.94. The van der Waals surface area contributed by atoms with E-state index in [0.29, 0.717) is 6.07 Å². The summed E-state index contributed by atoms with van der Waals surface area (Å²) < 4.78 is 56.9. The Morgan fingerprint density at radius 3 is 2.45 bits per heavy atom. The lowest BCUT2D eigenvalue weighted by molar-refractivity contribution is -0.136. The maximum atomic E-state index is 13.3. The van der Waals surface area contributed by atoms with Crippen LogP contribution in [-0.4, -0.2) is 16.7 Å². The maximum Gasteiger partial charge on any atom is 0.418 e. The Morgan fingerprint density at radius 1 is 1.27 bits per heavy atom. The number of nitrogens with zero attached hydrogens (tertiary/aromatic N) is 1. The van der Waals surface area contributed by atoms with Crippen molar-refractivity contribution in [2.45, 2.75) is 32.5 Å². The molecule has 120 valence electrons. The number of ether oxygens (including phenoxy) is 1. The second-order valence-electron chi connectivity index (χ2n) is 5.44. The minimum atomic E-state index is -4.74. The van der Waals surface area contributed by atoms with Crippen LogP contribution in [-0.2, 0) is 10.9 Å². The van der Waals surface area contributed by atoms with Crippen LogP contribution >= 0.6 is 11.3 Å². The van der Waals surface area contributed by atoms with Crippen molar-refractivity contribution in [2.24, 2.45) is 0 Å². The molecule has 1 heterocycles. The highest BCUT2D eigenvalue weighted by molar-refractivity contribution is 7.22. The van der Waals surface area contributed by atoms with Gasteiger partial charge in [-0.05, 0) is 32.9 Å². The minimum absolute atomic E-state index is 0.0154. The van der Waals surface area contributed by atoms with Gasteiger partial charge in [0.15, 0.2) is 5.13 Å². The van der Waals surface area contributed by atoms with E-state index in [1.165, 1.54) is 0 Å². The first-order chi connectivity index (χ1) is 9.95. The molecule has 0 aliphatic heterocycles. The van der Waals surface area contributed by atoms with Crippen LogP contribution in [0.15, 0.2) is 12.1 Å². The molecule has 0 fully saturated rings. The zero-order valence-electron chi connectivity index (χ0n) is 11.8. The molecule has 1 aromatic carbocycles. The molecule has 2 rings (SSSR count). The van der Waals surface area contributed by atoms with Crippen molar-refractivity contribution in [2.75, 3.05) is 5.32 Å². The van der Waals surface area contributed by atoms with Gasteiger partial charge in [0.1, 0.15) is 11.4 Å². The lowest BCUT2D eigenvalue weighted by Gasteiger charge is -2.18. The van der Waals surface area contributed by atoms with Crippen LogP contribution in [0.1, 0.15) is 26.3 Å². The predicted molar refractivity (Wildman–Crippen MR) is 74.4 cm³/mol. The van der Waals surface area contributed by atoms with Gasteiger partial charge in [-0.1, -0.05) is 11.3 Å². The van der Waals surface area contributed by atoms with E-state index in [-0.39, 0.29) is 9.83 Å². The van der Waals surface area contributed by atoms with E-state index in [2.05, 4.69) is 10.3 Å². The van der Waals surface area contributed by atoms with Crippen molar-refractivity contribution in [1.29, 1.82) is 0 Å². The van der Waals surface area contributed by atoms with E-state index in [4.69, 9.17) is 4.74 Å². The Morgan fingerprint density at radius 2 is 1.91 bits per heavy atom. The van der Waals surface area contributed by atoms with Crippen LogP contribution in [0.4, 0.5) is 27.5 Å². The molecule has 2 aromatic rings. The number of benzene rings is 1. The van der Waals surface area contributed by atoms with Gasteiger partial charge in [0.2, 0.25) is 0 Å². The summed E-state index contributed by atoms with van der Waals surface area (Å²) in [6.07, 6.45) is -5.59. The standard InChI is InChI=1S/C13H12F4N2O2S/c1-12(2,3)21-11(20)19-10-18-9-7(13(15,16)17)4-6(14)5-8(9)22-10/h4-5H,1-3H3,(H,18,19,20). The minimum Gasteiger partial charge on any atom is -0.444 e. The number of halogens is 4. The summed E-state index contributed by atoms with van der Waals surface area (Å²) in [5.41, 5.74) is -2.36. The van der Waals surface area contributed by atoms with E-state index in [0.717, 1.165) is 17.4 Å². The molecule has 0 aliphatic rings. The van der Waals surface area contributed by atoms with Crippen LogP contribution in [0.25, 0.3) is 10.2 Å². The lowest BCUT2D eigenvalue weighted by Crippen LogP contribution is -2.27. The summed E-state index contributed by atoms with van der Waals surface area (Å²) >= 11 is 0.733.